The van der Waals surface area contributed by atoms with Gasteiger partial charge < -0.3 is 20.1 Å². The number of hydrogen-bond donors (Lipinski definition) is 2. The molecular weight excluding hydrogens is 363 g/mol. The van der Waals surface area contributed by atoms with E-state index in [1.54, 1.807) is 37.3 Å². The molecule has 0 aliphatic heterocycles. The zero-order chi connectivity index (χ0) is 20.7. The summed E-state index contributed by atoms with van der Waals surface area (Å²) in [5, 5.41) is 5.51. The van der Waals surface area contributed by atoms with Gasteiger partial charge in [-0.15, -0.1) is 0 Å². The molecule has 2 aromatic carbocycles. The normalized spacial score (nSPS) is 10.5. The van der Waals surface area contributed by atoms with Gasteiger partial charge in [0.15, 0.2) is 18.1 Å². The summed E-state index contributed by atoms with van der Waals surface area (Å²) in [6.45, 7) is 5.52. The van der Waals surface area contributed by atoms with E-state index in [1.807, 2.05) is 13.8 Å². The molecule has 6 nitrogen and oxygen atoms in total. The molecule has 28 heavy (non-hydrogen) atoms. The van der Waals surface area contributed by atoms with Gasteiger partial charge in [-0.25, -0.2) is 4.39 Å². The van der Waals surface area contributed by atoms with Gasteiger partial charge >= 0.3 is 0 Å². The first kappa shape index (κ1) is 21.2. The van der Waals surface area contributed by atoms with Crippen molar-refractivity contribution in [1.82, 2.24) is 10.6 Å². The van der Waals surface area contributed by atoms with Crippen molar-refractivity contribution in [2.75, 3.05) is 13.7 Å². The van der Waals surface area contributed by atoms with Crippen molar-refractivity contribution in [3.8, 4) is 11.5 Å². The van der Waals surface area contributed by atoms with Crippen molar-refractivity contribution in [3.63, 3.8) is 0 Å². The molecule has 0 aliphatic carbocycles. The van der Waals surface area contributed by atoms with E-state index in [1.165, 1.54) is 13.2 Å². The number of hydrogen-bond acceptors (Lipinski definition) is 4. The Morgan fingerprint density at radius 1 is 1.11 bits per heavy atom. The summed E-state index contributed by atoms with van der Waals surface area (Å²) in [7, 11) is 1.46. The highest BCUT2D eigenvalue weighted by molar-refractivity contribution is 5.94. The highest BCUT2D eigenvalue weighted by Crippen LogP contribution is 2.28. The first-order chi connectivity index (χ1) is 13.3. The molecule has 0 atom stereocenters. The van der Waals surface area contributed by atoms with Crippen LogP contribution in [0.25, 0.3) is 0 Å². The average molecular weight is 388 g/mol. The van der Waals surface area contributed by atoms with Crippen molar-refractivity contribution in [3.05, 3.63) is 58.9 Å². The highest BCUT2D eigenvalue weighted by atomic mass is 19.1. The second-order valence-corrected chi connectivity index (χ2v) is 6.64. The molecule has 7 heteroatoms. The molecule has 0 aromatic heterocycles. The minimum atomic E-state index is -0.302. The summed E-state index contributed by atoms with van der Waals surface area (Å²) in [6, 6.07) is 9.43. The molecule has 0 heterocycles. The second-order valence-electron chi connectivity index (χ2n) is 6.64. The SMILES string of the molecule is COc1cc(C(=O)NCc2ccc(F)c(C)c2)ccc1OCC(=O)NC(C)C. The van der Waals surface area contributed by atoms with E-state index >= 15 is 0 Å². The third-order valence-corrected chi connectivity index (χ3v) is 3.91. The molecule has 2 rings (SSSR count). The lowest BCUT2D eigenvalue weighted by atomic mass is 10.1. The third-order valence-electron chi connectivity index (χ3n) is 3.91. The van der Waals surface area contributed by atoms with Gasteiger partial charge in [0.2, 0.25) is 0 Å². The van der Waals surface area contributed by atoms with E-state index < -0.39 is 0 Å². The Morgan fingerprint density at radius 2 is 1.86 bits per heavy atom. The van der Waals surface area contributed by atoms with Crippen LogP contribution >= 0.6 is 0 Å². The Bertz CT molecular complexity index is 852. The van der Waals surface area contributed by atoms with Crippen molar-refractivity contribution in [2.45, 2.75) is 33.4 Å². The molecule has 2 aromatic rings. The van der Waals surface area contributed by atoms with Crippen LogP contribution in [0.15, 0.2) is 36.4 Å². The van der Waals surface area contributed by atoms with Crippen molar-refractivity contribution in [2.24, 2.45) is 0 Å². The number of carbonyl (C=O) groups is 2. The van der Waals surface area contributed by atoms with Gasteiger partial charge in [0.25, 0.3) is 11.8 Å². The Labute approximate surface area is 164 Å². The van der Waals surface area contributed by atoms with Gasteiger partial charge in [0.1, 0.15) is 5.82 Å². The molecule has 0 saturated heterocycles. The quantitative estimate of drug-likeness (QED) is 0.729. The molecule has 0 saturated carbocycles. The van der Waals surface area contributed by atoms with Crippen LogP contribution in [0.4, 0.5) is 4.39 Å². The number of aryl methyl sites for hydroxylation is 1. The third kappa shape index (κ3) is 5.97. The number of ether oxygens (including phenoxy) is 2. The van der Waals surface area contributed by atoms with E-state index in [0.717, 1.165) is 5.56 Å². The number of methoxy groups -OCH3 is 1. The molecule has 2 N–H and O–H groups in total. The Morgan fingerprint density at radius 3 is 2.50 bits per heavy atom. The van der Waals surface area contributed by atoms with E-state index in [-0.39, 0.29) is 36.8 Å². The molecule has 150 valence electrons. The zero-order valence-electron chi connectivity index (χ0n) is 16.5. The Kier molecular flexibility index (Phi) is 7.37. The van der Waals surface area contributed by atoms with Crippen LogP contribution in [0.5, 0.6) is 11.5 Å². The molecule has 2 amide bonds. The number of carbonyl (C=O) groups excluding carboxylic acids is 2. The Hall–Kier alpha value is -3.09. The highest BCUT2D eigenvalue weighted by Gasteiger charge is 2.13. The number of amides is 2. The molecule has 0 fully saturated rings. The lowest BCUT2D eigenvalue weighted by molar-refractivity contribution is -0.123. The van der Waals surface area contributed by atoms with Gasteiger partial charge in [-0.3, -0.25) is 9.59 Å². The van der Waals surface area contributed by atoms with Crippen molar-refractivity contribution in [1.29, 1.82) is 0 Å². The summed E-state index contributed by atoms with van der Waals surface area (Å²) in [4.78, 5) is 24.1. The zero-order valence-corrected chi connectivity index (χ0v) is 16.5. The molecule has 0 unspecified atom stereocenters. The number of halogens is 1. The van der Waals surface area contributed by atoms with E-state index in [4.69, 9.17) is 9.47 Å². The van der Waals surface area contributed by atoms with Gasteiger partial charge in [0.05, 0.1) is 7.11 Å². The average Bonchev–Trinajstić information content (AvgIpc) is 2.66. The van der Waals surface area contributed by atoms with Crippen LogP contribution in [-0.2, 0) is 11.3 Å². The van der Waals surface area contributed by atoms with Crippen molar-refractivity contribution < 1.29 is 23.5 Å². The monoisotopic (exact) mass is 388 g/mol. The predicted octanol–water partition coefficient (Wildman–Crippen LogP) is 2.98. The fourth-order valence-electron chi connectivity index (χ4n) is 2.54. The molecule has 0 radical (unpaired) electrons. The van der Waals surface area contributed by atoms with Gasteiger partial charge in [-0.05, 0) is 56.2 Å². The largest absolute Gasteiger partial charge is 0.493 e. The van der Waals surface area contributed by atoms with Crippen LogP contribution in [0.1, 0.15) is 35.3 Å². The molecule has 0 spiro atoms. The smallest absolute Gasteiger partial charge is 0.258 e. The van der Waals surface area contributed by atoms with Crippen LogP contribution in [0, 0.1) is 12.7 Å². The second kappa shape index (κ2) is 9.73. The summed E-state index contributed by atoms with van der Waals surface area (Å²) in [5.74, 6) is -0.106. The van der Waals surface area contributed by atoms with Gasteiger partial charge in [-0.2, -0.15) is 0 Å². The maximum atomic E-state index is 13.3. The maximum absolute atomic E-state index is 13.3. The summed E-state index contributed by atoms with van der Waals surface area (Å²) in [5.41, 5.74) is 1.71. The number of rotatable bonds is 8. The van der Waals surface area contributed by atoms with Gasteiger partial charge in [-0.1, -0.05) is 12.1 Å². The first-order valence-corrected chi connectivity index (χ1v) is 8.93. The minimum absolute atomic E-state index is 0.0222. The summed E-state index contributed by atoms with van der Waals surface area (Å²) < 4.78 is 24.1. The molecule has 0 aliphatic rings. The van der Waals surface area contributed by atoms with E-state index in [0.29, 0.717) is 22.6 Å². The van der Waals surface area contributed by atoms with Crippen molar-refractivity contribution >= 4 is 11.8 Å². The lowest BCUT2D eigenvalue weighted by Gasteiger charge is -2.13. The first-order valence-electron chi connectivity index (χ1n) is 8.93. The Balaban J connectivity index is 2.00. The standard InChI is InChI=1S/C21H25FN2O4/c1-13(2)24-20(25)12-28-18-8-6-16(10-19(18)27-4)21(26)23-11-15-5-7-17(22)14(3)9-15/h5-10,13H,11-12H2,1-4H3,(H,23,26)(H,24,25). The maximum Gasteiger partial charge on any atom is 0.258 e. The van der Waals surface area contributed by atoms with E-state index in [2.05, 4.69) is 10.6 Å². The van der Waals surface area contributed by atoms with Gasteiger partial charge in [0, 0.05) is 18.2 Å². The van der Waals surface area contributed by atoms with Crippen LogP contribution in [0.2, 0.25) is 0 Å². The lowest BCUT2D eigenvalue weighted by Crippen LogP contribution is -2.34. The van der Waals surface area contributed by atoms with E-state index in [9.17, 15) is 14.0 Å². The summed E-state index contributed by atoms with van der Waals surface area (Å²) in [6.07, 6.45) is 0. The van der Waals surface area contributed by atoms with Crippen LogP contribution < -0.4 is 20.1 Å². The fourth-order valence-corrected chi connectivity index (χ4v) is 2.54. The minimum Gasteiger partial charge on any atom is -0.493 e. The van der Waals surface area contributed by atoms with Crippen LogP contribution in [0.3, 0.4) is 0 Å². The van der Waals surface area contributed by atoms with Crippen LogP contribution in [-0.4, -0.2) is 31.6 Å². The number of nitrogens with one attached hydrogen (secondary N) is 2. The molecular formula is C21H25FN2O4. The topological polar surface area (TPSA) is 76.7 Å². The fraction of sp³-hybridized carbons (Fsp3) is 0.333. The predicted molar refractivity (Wildman–Crippen MR) is 104 cm³/mol. The molecule has 0 bridgehead atoms. The summed E-state index contributed by atoms with van der Waals surface area (Å²) >= 11 is 0. The number of benzene rings is 2.